The average molecular weight is 283 g/mol. The van der Waals surface area contributed by atoms with Gasteiger partial charge in [-0.3, -0.25) is 10.1 Å². The Hall–Kier alpha value is -2.31. The third-order valence-electron chi connectivity index (χ3n) is 2.20. The Kier molecular flexibility index (Phi) is 4.90. The summed E-state index contributed by atoms with van der Waals surface area (Å²) in [6.45, 7) is 6.90. The van der Waals surface area contributed by atoms with Crippen molar-refractivity contribution in [2.24, 2.45) is 0 Å². The molecule has 1 rings (SSSR count). The van der Waals surface area contributed by atoms with E-state index in [0.717, 1.165) is 6.07 Å². The fraction of sp³-hybridized carbons (Fsp3) is 0.462. The van der Waals surface area contributed by atoms with Crippen LogP contribution in [-0.2, 0) is 0 Å². The van der Waals surface area contributed by atoms with E-state index >= 15 is 0 Å². The molecule has 0 heterocycles. The van der Waals surface area contributed by atoms with E-state index in [-0.39, 0.29) is 29.3 Å². The average Bonchev–Trinajstić information content (AvgIpc) is 2.28. The lowest BCUT2D eigenvalue weighted by molar-refractivity contribution is -0.386. The Morgan fingerprint density at radius 3 is 2.15 bits per heavy atom. The Morgan fingerprint density at radius 2 is 1.75 bits per heavy atom. The third kappa shape index (κ3) is 3.84. The molecule has 7 nitrogen and oxygen atoms in total. The van der Waals surface area contributed by atoms with Crippen LogP contribution in [-0.4, -0.2) is 28.2 Å². The van der Waals surface area contributed by atoms with Gasteiger partial charge in [0, 0.05) is 6.07 Å². The summed E-state index contributed by atoms with van der Waals surface area (Å²) in [6.07, 6.45) is -0.577. The van der Waals surface area contributed by atoms with Crippen molar-refractivity contribution in [3.63, 3.8) is 0 Å². The molecule has 0 aliphatic heterocycles. The zero-order valence-electron chi connectivity index (χ0n) is 11.7. The molecule has 7 heteroatoms. The van der Waals surface area contributed by atoms with Gasteiger partial charge in [-0.1, -0.05) is 0 Å². The van der Waals surface area contributed by atoms with Crippen molar-refractivity contribution in [2.75, 3.05) is 0 Å². The Balaban J connectivity index is 3.48. The number of carboxylic acid groups (broad SMARTS) is 1. The highest BCUT2D eigenvalue weighted by molar-refractivity contribution is 5.90. The molecule has 1 aromatic rings. The summed E-state index contributed by atoms with van der Waals surface area (Å²) in [5, 5.41) is 20.1. The zero-order valence-corrected chi connectivity index (χ0v) is 11.7. The van der Waals surface area contributed by atoms with Gasteiger partial charge in [-0.2, -0.15) is 0 Å². The molecule has 0 saturated heterocycles. The first-order valence-corrected chi connectivity index (χ1v) is 6.11. The molecule has 0 unspecified atom stereocenters. The van der Waals surface area contributed by atoms with E-state index in [1.807, 2.05) is 0 Å². The molecule has 20 heavy (non-hydrogen) atoms. The number of rotatable bonds is 6. The highest BCUT2D eigenvalue weighted by Crippen LogP contribution is 2.39. The van der Waals surface area contributed by atoms with E-state index in [0.29, 0.717) is 0 Å². The normalized spacial score (nSPS) is 10.7. The summed E-state index contributed by atoms with van der Waals surface area (Å²) in [5.41, 5.74) is -0.641. The second kappa shape index (κ2) is 6.23. The summed E-state index contributed by atoms with van der Waals surface area (Å²) < 4.78 is 10.8. The van der Waals surface area contributed by atoms with Gasteiger partial charge in [0.15, 0.2) is 5.75 Å². The lowest BCUT2D eigenvalue weighted by Gasteiger charge is -2.17. The van der Waals surface area contributed by atoms with Gasteiger partial charge in [0.2, 0.25) is 5.75 Å². The van der Waals surface area contributed by atoms with Crippen molar-refractivity contribution in [1.29, 1.82) is 0 Å². The molecular formula is C13H17NO6. The van der Waals surface area contributed by atoms with Crippen LogP contribution in [0, 0.1) is 10.1 Å². The van der Waals surface area contributed by atoms with Crippen molar-refractivity contribution in [3.05, 3.63) is 27.8 Å². The first-order chi connectivity index (χ1) is 9.22. The fourth-order valence-electron chi connectivity index (χ4n) is 1.54. The largest absolute Gasteiger partial charge is 0.487 e. The molecule has 0 atom stereocenters. The van der Waals surface area contributed by atoms with Crippen LogP contribution in [0.15, 0.2) is 12.1 Å². The predicted molar refractivity (Wildman–Crippen MR) is 71.6 cm³/mol. The number of aromatic carboxylic acids is 1. The van der Waals surface area contributed by atoms with Gasteiger partial charge in [-0.25, -0.2) is 4.79 Å². The summed E-state index contributed by atoms with van der Waals surface area (Å²) in [6, 6.07) is 2.19. The number of hydrogen-bond donors (Lipinski definition) is 1. The first kappa shape index (κ1) is 15.7. The van der Waals surface area contributed by atoms with Gasteiger partial charge in [-0.05, 0) is 33.8 Å². The number of carbonyl (C=O) groups is 1. The molecule has 1 aromatic carbocycles. The van der Waals surface area contributed by atoms with Gasteiger partial charge in [-0.15, -0.1) is 0 Å². The van der Waals surface area contributed by atoms with Crippen LogP contribution in [0.4, 0.5) is 5.69 Å². The van der Waals surface area contributed by atoms with Crippen LogP contribution in [0.2, 0.25) is 0 Å². The Labute approximate surface area is 116 Å². The minimum absolute atomic E-state index is 0.0521. The molecule has 0 amide bonds. The van der Waals surface area contributed by atoms with Crippen molar-refractivity contribution >= 4 is 11.7 Å². The molecule has 0 saturated carbocycles. The molecule has 0 aromatic heterocycles. The van der Waals surface area contributed by atoms with E-state index in [1.165, 1.54) is 6.07 Å². The second-order valence-electron chi connectivity index (χ2n) is 4.72. The molecule has 0 fully saturated rings. The lowest BCUT2D eigenvalue weighted by Crippen LogP contribution is -2.13. The van der Waals surface area contributed by atoms with E-state index in [2.05, 4.69) is 0 Å². The molecule has 0 aliphatic rings. The van der Waals surface area contributed by atoms with Crippen molar-refractivity contribution in [3.8, 4) is 11.5 Å². The third-order valence-corrected chi connectivity index (χ3v) is 2.20. The summed E-state index contributed by atoms with van der Waals surface area (Å²) >= 11 is 0. The van der Waals surface area contributed by atoms with Crippen LogP contribution in [0.5, 0.6) is 11.5 Å². The maximum atomic E-state index is 11.1. The highest BCUT2D eigenvalue weighted by atomic mass is 16.6. The van der Waals surface area contributed by atoms with Crippen LogP contribution in [0.25, 0.3) is 0 Å². The van der Waals surface area contributed by atoms with E-state index in [1.54, 1.807) is 27.7 Å². The van der Waals surface area contributed by atoms with Crippen LogP contribution in [0.1, 0.15) is 38.1 Å². The highest BCUT2D eigenvalue weighted by Gasteiger charge is 2.26. The van der Waals surface area contributed by atoms with E-state index < -0.39 is 16.6 Å². The van der Waals surface area contributed by atoms with E-state index in [9.17, 15) is 14.9 Å². The number of hydrogen-bond acceptors (Lipinski definition) is 5. The van der Waals surface area contributed by atoms with Gasteiger partial charge < -0.3 is 14.6 Å². The second-order valence-corrected chi connectivity index (χ2v) is 4.72. The summed E-state index contributed by atoms with van der Waals surface area (Å²) in [7, 11) is 0. The molecule has 0 bridgehead atoms. The minimum atomic E-state index is -1.27. The van der Waals surface area contributed by atoms with E-state index in [4.69, 9.17) is 14.6 Å². The number of nitrogens with zero attached hydrogens (tertiary/aromatic N) is 1. The van der Waals surface area contributed by atoms with Crippen LogP contribution < -0.4 is 9.47 Å². The van der Waals surface area contributed by atoms with Crippen LogP contribution in [0.3, 0.4) is 0 Å². The first-order valence-electron chi connectivity index (χ1n) is 6.11. The predicted octanol–water partition coefficient (Wildman–Crippen LogP) is 2.87. The zero-order chi connectivity index (χ0) is 15.4. The molecular weight excluding hydrogens is 266 g/mol. The van der Waals surface area contributed by atoms with Gasteiger partial charge in [0.25, 0.3) is 0 Å². The number of nitro benzene ring substituents is 1. The molecule has 0 radical (unpaired) electrons. The maximum absolute atomic E-state index is 11.1. The quantitative estimate of drug-likeness (QED) is 0.636. The topological polar surface area (TPSA) is 98.9 Å². The van der Waals surface area contributed by atoms with Gasteiger partial charge >= 0.3 is 11.7 Å². The van der Waals surface area contributed by atoms with Crippen molar-refractivity contribution in [1.82, 2.24) is 0 Å². The monoisotopic (exact) mass is 283 g/mol. The molecule has 0 aliphatic carbocycles. The molecule has 1 N–H and O–H groups in total. The Bertz CT molecular complexity index is 524. The summed E-state index contributed by atoms with van der Waals surface area (Å²) in [4.78, 5) is 21.4. The standard InChI is InChI=1S/C13H17NO6/c1-7(2)19-11-6-9(13(15)16)5-10(14(17)18)12(11)20-8(3)4/h5-8H,1-4H3,(H,15,16). The number of carboxylic acids is 1. The SMILES string of the molecule is CC(C)Oc1cc(C(=O)O)cc([N+](=O)[O-])c1OC(C)C. The van der Waals surface area contributed by atoms with Gasteiger partial charge in [0.1, 0.15) is 0 Å². The van der Waals surface area contributed by atoms with Gasteiger partial charge in [0.05, 0.1) is 22.7 Å². The lowest BCUT2D eigenvalue weighted by atomic mass is 10.1. The minimum Gasteiger partial charge on any atom is -0.487 e. The smallest absolute Gasteiger partial charge is 0.336 e. The fourth-order valence-corrected chi connectivity index (χ4v) is 1.54. The molecule has 0 spiro atoms. The number of nitro groups is 1. The Morgan fingerprint density at radius 1 is 1.20 bits per heavy atom. The number of benzene rings is 1. The van der Waals surface area contributed by atoms with Crippen molar-refractivity contribution < 1.29 is 24.3 Å². The van der Waals surface area contributed by atoms with Crippen molar-refractivity contribution in [2.45, 2.75) is 39.9 Å². The maximum Gasteiger partial charge on any atom is 0.336 e. The van der Waals surface area contributed by atoms with Crippen LogP contribution >= 0.6 is 0 Å². The summed E-state index contributed by atoms with van der Waals surface area (Å²) in [5.74, 6) is -1.26. The number of ether oxygens (including phenoxy) is 2. The molecule has 110 valence electrons.